The first-order valence-corrected chi connectivity index (χ1v) is 6.58. The van der Waals surface area contributed by atoms with Crippen LogP contribution in [0.2, 0.25) is 0 Å². The standard InChI is InChI=1S/C14H23N3O/c1-10(9-11-5-6-11)16-13-12(17(2)3)7-8-15-14(13)18-4/h7-8,10-11,16H,5-6,9H2,1-4H3. The van der Waals surface area contributed by atoms with Gasteiger partial charge in [0.05, 0.1) is 12.8 Å². The second-order valence-corrected chi connectivity index (χ2v) is 5.33. The van der Waals surface area contributed by atoms with E-state index in [9.17, 15) is 0 Å². The molecule has 0 radical (unpaired) electrons. The summed E-state index contributed by atoms with van der Waals surface area (Å²) >= 11 is 0. The molecule has 1 aliphatic carbocycles. The number of ether oxygens (including phenoxy) is 1. The quantitative estimate of drug-likeness (QED) is 0.841. The van der Waals surface area contributed by atoms with Gasteiger partial charge in [0.1, 0.15) is 5.69 Å². The summed E-state index contributed by atoms with van der Waals surface area (Å²) in [5, 5.41) is 3.55. The molecule has 0 amide bonds. The number of hydrogen-bond acceptors (Lipinski definition) is 4. The summed E-state index contributed by atoms with van der Waals surface area (Å²) in [6, 6.07) is 2.46. The number of methoxy groups -OCH3 is 1. The summed E-state index contributed by atoms with van der Waals surface area (Å²) in [7, 11) is 5.73. The SMILES string of the molecule is COc1nccc(N(C)C)c1NC(C)CC1CC1. The first-order valence-electron chi connectivity index (χ1n) is 6.58. The van der Waals surface area contributed by atoms with Crippen LogP contribution in [0.1, 0.15) is 26.2 Å². The van der Waals surface area contributed by atoms with Crippen molar-refractivity contribution >= 4 is 11.4 Å². The second-order valence-electron chi connectivity index (χ2n) is 5.33. The molecule has 18 heavy (non-hydrogen) atoms. The van der Waals surface area contributed by atoms with Gasteiger partial charge in [0, 0.05) is 26.3 Å². The number of rotatable bonds is 6. The molecule has 1 unspecified atom stereocenters. The third-order valence-electron chi connectivity index (χ3n) is 3.34. The van der Waals surface area contributed by atoms with Gasteiger partial charge in [-0.25, -0.2) is 4.98 Å². The van der Waals surface area contributed by atoms with Crippen molar-refractivity contribution in [2.75, 3.05) is 31.4 Å². The Morgan fingerprint density at radius 2 is 2.22 bits per heavy atom. The van der Waals surface area contributed by atoms with Gasteiger partial charge in [0.2, 0.25) is 5.88 Å². The summed E-state index contributed by atoms with van der Waals surface area (Å²) in [6.45, 7) is 2.23. The van der Waals surface area contributed by atoms with Crippen LogP contribution in [-0.2, 0) is 0 Å². The molecule has 4 heteroatoms. The monoisotopic (exact) mass is 249 g/mol. The predicted molar refractivity (Wildman–Crippen MR) is 75.5 cm³/mol. The Balaban J connectivity index is 2.16. The fourth-order valence-corrected chi connectivity index (χ4v) is 2.26. The topological polar surface area (TPSA) is 37.4 Å². The lowest BCUT2D eigenvalue weighted by Gasteiger charge is -2.23. The van der Waals surface area contributed by atoms with Gasteiger partial charge in [-0.05, 0) is 25.3 Å². The van der Waals surface area contributed by atoms with E-state index in [1.54, 1.807) is 13.3 Å². The predicted octanol–water partition coefficient (Wildman–Crippen LogP) is 2.76. The van der Waals surface area contributed by atoms with Gasteiger partial charge in [0.25, 0.3) is 0 Å². The second kappa shape index (κ2) is 5.46. The third-order valence-corrected chi connectivity index (χ3v) is 3.34. The van der Waals surface area contributed by atoms with Crippen molar-refractivity contribution in [2.45, 2.75) is 32.2 Å². The Kier molecular flexibility index (Phi) is 3.94. The van der Waals surface area contributed by atoms with Gasteiger partial charge in [-0.3, -0.25) is 0 Å². The zero-order valence-corrected chi connectivity index (χ0v) is 11.7. The molecule has 0 spiro atoms. The summed E-state index contributed by atoms with van der Waals surface area (Å²) in [5.41, 5.74) is 2.11. The minimum absolute atomic E-state index is 0.453. The minimum Gasteiger partial charge on any atom is -0.479 e. The van der Waals surface area contributed by atoms with Crippen molar-refractivity contribution in [1.29, 1.82) is 0 Å². The zero-order chi connectivity index (χ0) is 13.1. The van der Waals surface area contributed by atoms with Crippen molar-refractivity contribution < 1.29 is 4.74 Å². The number of hydrogen-bond donors (Lipinski definition) is 1. The van der Waals surface area contributed by atoms with E-state index in [1.165, 1.54) is 19.3 Å². The van der Waals surface area contributed by atoms with Crippen molar-refractivity contribution in [3.8, 4) is 5.88 Å². The van der Waals surface area contributed by atoms with Gasteiger partial charge in [-0.2, -0.15) is 0 Å². The molecule has 1 fully saturated rings. The highest BCUT2D eigenvalue weighted by Gasteiger charge is 2.24. The maximum absolute atomic E-state index is 5.36. The first-order chi connectivity index (χ1) is 8.61. The largest absolute Gasteiger partial charge is 0.479 e. The Morgan fingerprint density at radius 3 is 2.78 bits per heavy atom. The van der Waals surface area contributed by atoms with Crippen LogP contribution in [0.3, 0.4) is 0 Å². The number of aromatic nitrogens is 1. The van der Waals surface area contributed by atoms with Crippen LogP contribution in [0.5, 0.6) is 5.88 Å². The number of nitrogens with one attached hydrogen (secondary N) is 1. The normalized spacial score (nSPS) is 16.2. The van der Waals surface area contributed by atoms with E-state index in [0.717, 1.165) is 17.3 Å². The lowest BCUT2D eigenvalue weighted by Crippen LogP contribution is -2.20. The molecule has 1 aliphatic rings. The van der Waals surface area contributed by atoms with Crippen LogP contribution in [0.4, 0.5) is 11.4 Å². The molecule has 0 aromatic carbocycles. The van der Waals surface area contributed by atoms with E-state index in [1.807, 2.05) is 20.2 Å². The summed E-state index contributed by atoms with van der Waals surface area (Å²) in [4.78, 5) is 6.36. The molecule has 0 bridgehead atoms. The molecule has 0 aliphatic heterocycles. The van der Waals surface area contributed by atoms with Gasteiger partial charge in [-0.15, -0.1) is 0 Å². The molecule has 1 heterocycles. The molecule has 1 saturated carbocycles. The lowest BCUT2D eigenvalue weighted by atomic mass is 10.1. The van der Waals surface area contributed by atoms with Gasteiger partial charge in [0.15, 0.2) is 0 Å². The fourth-order valence-electron chi connectivity index (χ4n) is 2.26. The Bertz CT molecular complexity index is 402. The molecule has 0 saturated heterocycles. The molecular formula is C14H23N3O. The van der Waals surface area contributed by atoms with E-state index in [4.69, 9.17) is 4.74 Å². The highest BCUT2D eigenvalue weighted by molar-refractivity contribution is 5.74. The van der Waals surface area contributed by atoms with E-state index in [2.05, 4.69) is 22.1 Å². The average molecular weight is 249 g/mol. The Morgan fingerprint density at radius 1 is 1.50 bits per heavy atom. The number of nitrogens with zero attached hydrogens (tertiary/aromatic N) is 2. The van der Waals surface area contributed by atoms with Crippen molar-refractivity contribution in [2.24, 2.45) is 5.92 Å². The van der Waals surface area contributed by atoms with Crippen LogP contribution in [-0.4, -0.2) is 32.2 Å². The maximum atomic E-state index is 5.36. The molecule has 1 aromatic heterocycles. The third kappa shape index (κ3) is 3.06. The van der Waals surface area contributed by atoms with Crippen LogP contribution in [0, 0.1) is 5.92 Å². The minimum atomic E-state index is 0.453. The van der Waals surface area contributed by atoms with Crippen molar-refractivity contribution in [1.82, 2.24) is 4.98 Å². The van der Waals surface area contributed by atoms with Crippen molar-refractivity contribution in [3.63, 3.8) is 0 Å². The Hall–Kier alpha value is -1.45. The summed E-state index contributed by atoms with van der Waals surface area (Å²) in [6.07, 6.45) is 5.78. The average Bonchev–Trinajstić information content (AvgIpc) is 3.12. The van der Waals surface area contributed by atoms with Crippen LogP contribution < -0.4 is 15.0 Å². The molecule has 4 nitrogen and oxygen atoms in total. The fraction of sp³-hybridized carbons (Fsp3) is 0.643. The molecule has 100 valence electrons. The maximum Gasteiger partial charge on any atom is 0.239 e. The zero-order valence-electron chi connectivity index (χ0n) is 11.7. The van der Waals surface area contributed by atoms with Crippen LogP contribution in [0.25, 0.3) is 0 Å². The summed E-state index contributed by atoms with van der Waals surface area (Å²) < 4.78 is 5.36. The molecular weight excluding hydrogens is 226 g/mol. The van der Waals surface area contributed by atoms with E-state index < -0.39 is 0 Å². The first kappa shape index (κ1) is 13.0. The highest BCUT2D eigenvalue weighted by atomic mass is 16.5. The lowest BCUT2D eigenvalue weighted by molar-refractivity contribution is 0.399. The Labute approximate surface area is 109 Å². The van der Waals surface area contributed by atoms with Gasteiger partial charge in [-0.1, -0.05) is 12.8 Å². The van der Waals surface area contributed by atoms with E-state index >= 15 is 0 Å². The van der Waals surface area contributed by atoms with Gasteiger partial charge >= 0.3 is 0 Å². The molecule has 1 atom stereocenters. The van der Waals surface area contributed by atoms with E-state index in [-0.39, 0.29) is 0 Å². The highest BCUT2D eigenvalue weighted by Crippen LogP contribution is 2.37. The van der Waals surface area contributed by atoms with E-state index in [0.29, 0.717) is 11.9 Å². The van der Waals surface area contributed by atoms with Crippen molar-refractivity contribution in [3.05, 3.63) is 12.3 Å². The number of pyridine rings is 1. The van der Waals surface area contributed by atoms with Crippen LogP contribution in [0.15, 0.2) is 12.3 Å². The number of anilines is 2. The summed E-state index contributed by atoms with van der Waals surface area (Å²) in [5.74, 6) is 1.59. The molecule has 1 aromatic rings. The van der Waals surface area contributed by atoms with Gasteiger partial charge < -0.3 is 15.0 Å². The molecule has 1 N–H and O–H groups in total. The molecule has 2 rings (SSSR count). The van der Waals surface area contributed by atoms with Crippen LogP contribution >= 0.6 is 0 Å². The smallest absolute Gasteiger partial charge is 0.239 e.